The van der Waals surface area contributed by atoms with E-state index in [0.717, 1.165) is 48.4 Å². The Labute approximate surface area is 208 Å². The van der Waals surface area contributed by atoms with Gasteiger partial charge in [-0.25, -0.2) is 0 Å². The molecular weight excluding hydrogens is 466 g/mol. The third-order valence-corrected chi connectivity index (χ3v) is 8.25. The number of hydrogen-bond donors (Lipinski definition) is 1. The molecule has 1 aromatic carbocycles. The Morgan fingerprint density at radius 1 is 1.38 bits per heavy atom. The summed E-state index contributed by atoms with van der Waals surface area (Å²) in [6.45, 7) is 7.24. The van der Waals surface area contributed by atoms with Crippen LogP contribution in [0.3, 0.4) is 0 Å². The fourth-order valence-corrected chi connectivity index (χ4v) is 6.35. The van der Waals surface area contributed by atoms with Crippen LogP contribution in [-0.2, 0) is 30.8 Å². The van der Waals surface area contributed by atoms with Gasteiger partial charge in [0, 0.05) is 11.4 Å². The minimum atomic E-state index is -0.143. The van der Waals surface area contributed by atoms with Gasteiger partial charge in [0.2, 0.25) is 5.91 Å². The monoisotopic (exact) mass is 495 g/mol. The molecule has 0 radical (unpaired) electrons. The van der Waals surface area contributed by atoms with Crippen LogP contribution in [0.25, 0.3) is 0 Å². The molecule has 1 unspecified atom stereocenters. The zero-order chi connectivity index (χ0) is 24.1. The molecule has 1 amide bonds. The molecule has 0 saturated heterocycles. The van der Waals surface area contributed by atoms with Gasteiger partial charge >= 0.3 is 0 Å². The highest BCUT2D eigenvalue weighted by molar-refractivity contribution is 7.99. The second-order valence-electron chi connectivity index (χ2n) is 8.42. The molecule has 0 aliphatic heterocycles. The summed E-state index contributed by atoms with van der Waals surface area (Å²) >= 11 is 2.90. The van der Waals surface area contributed by atoms with E-state index in [1.807, 2.05) is 42.7 Å². The zero-order valence-corrected chi connectivity index (χ0v) is 21.4. The number of rotatable bonds is 9. The Morgan fingerprint density at radius 2 is 2.24 bits per heavy atom. The Balaban J connectivity index is 1.37. The molecule has 0 bridgehead atoms. The first-order valence-corrected chi connectivity index (χ1v) is 13.4. The average molecular weight is 496 g/mol. The second-order valence-corrected chi connectivity index (χ2v) is 10.5. The number of hydrogen-bond acceptors (Lipinski definition) is 7. The van der Waals surface area contributed by atoms with E-state index < -0.39 is 0 Å². The number of nitrogens with zero attached hydrogens (tertiary/aromatic N) is 4. The summed E-state index contributed by atoms with van der Waals surface area (Å²) in [4.78, 5) is 14.0. The van der Waals surface area contributed by atoms with Crippen molar-refractivity contribution in [2.75, 3.05) is 11.1 Å². The number of aryl methyl sites for hydroxylation is 1. The van der Waals surface area contributed by atoms with Gasteiger partial charge in [-0.2, -0.15) is 5.26 Å². The van der Waals surface area contributed by atoms with Gasteiger partial charge in [-0.05, 0) is 62.3 Å². The van der Waals surface area contributed by atoms with Crippen LogP contribution >= 0.6 is 23.1 Å². The number of ether oxygens (including phenoxy) is 1. The maximum Gasteiger partial charge on any atom is 0.235 e. The second kappa shape index (κ2) is 11.1. The Kier molecular flexibility index (Phi) is 7.91. The van der Waals surface area contributed by atoms with E-state index in [1.165, 1.54) is 16.6 Å². The van der Waals surface area contributed by atoms with Crippen LogP contribution in [-0.4, -0.2) is 26.4 Å². The molecule has 178 valence electrons. The molecule has 0 fully saturated rings. The molecule has 7 nitrogen and oxygen atoms in total. The number of carbonyl (C=O) groups is 1. The first-order chi connectivity index (χ1) is 16.5. The van der Waals surface area contributed by atoms with Crippen LogP contribution in [0, 0.1) is 24.2 Å². The van der Waals surface area contributed by atoms with E-state index in [1.54, 1.807) is 11.3 Å². The summed E-state index contributed by atoms with van der Waals surface area (Å²) in [6, 6.07) is 10.2. The lowest BCUT2D eigenvalue weighted by Crippen LogP contribution is -2.15. The quantitative estimate of drug-likeness (QED) is 0.402. The predicted octanol–water partition coefficient (Wildman–Crippen LogP) is 5.36. The van der Waals surface area contributed by atoms with Crippen molar-refractivity contribution in [1.29, 1.82) is 5.26 Å². The summed E-state index contributed by atoms with van der Waals surface area (Å²) in [5.74, 6) is 2.23. The van der Waals surface area contributed by atoms with Crippen molar-refractivity contribution in [3.8, 4) is 11.8 Å². The minimum absolute atomic E-state index is 0.143. The molecule has 3 aromatic rings. The van der Waals surface area contributed by atoms with Crippen LogP contribution in [0.4, 0.5) is 5.00 Å². The number of aromatic nitrogens is 3. The van der Waals surface area contributed by atoms with Gasteiger partial charge in [-0.1, -0.05) is 37.2 Å². The summed E-state index contributed by atoms with van der Waals surface area (Å²) < 4.78 is 7.83. The lowest BCUT2D eigenvalue weighted by Gasteiger charge is -2.20. The van der Waals surface area contributed by atoms with Crippen molar-refractivity contribution < 1.29 is 9.53 Å². The molecule has 9 heteroatoms. The minimum Gasteiger partial charge on any atom is -0.486 e. The van der Waals surface area contributed by atoms with Crippen molar-refractivity contribution in [2.24, 2.45) is 5.92 Å². The SMILES string of the molecule is CCC1CCc2c(sc(NC(=O)CSc3nnc(COc4cccc(C)c4)n3CC)c2C#N)C1. The predicted molar refractivity (Wildman–Crippen MR) is 135 cm³/mol. The van der Waals surface area contributed by atoms with Crippen LogP contribution in [0.5, 0.6) is 5.75 Å². The molecule has 1 N–H and O–H groups in total. The van der Waals surface area contributed by atoms with Crippen LogP contribution in [0.2, 0.25) is 0 Å². The van der Waals surface area contributed by atoms with Gasteiger partial charge in [0.1, 0.15) is 23.4 Å². The largest absolute Gasteiger partial charge is 0.486 e. The molecule has 2 aromatic heterocycles. The van der Waals surface area contributed by atoms with Gasteiger partial charge in [0.25, 0.3) is 0 Å². The maximum absolute atomic E-state index is 12.7. The number of thiophene rings is 1. The normalized spacial score (nSPS) is 14.9. The summed E-state index contributed by atoms with van der Waals surface area (Å²) in [6.07, 6.45) is 4.18. The topological polar surface area (TPSA) is 92.8 Å². The molecule has 2 heterocycles. The maximum atomic E-state index is 12.7. The van der Waals surface area contributed by atoms with E-state index >= 15 is 0 Å². The number of anilines is 1. The first kappa shape index (κ1) is 24.3. The summed E-state index contributed by atoms with van der Waals surface area (Å²) in [5, 5.41) is 22.6. The Hall–Kier alpha value is -2.83. The molecule has 1 aliphatic rings. The lowest BCUT2D eigenvalue weighted by molar-refractivity contribution is -0.113. The van der Waals surface area contributed by atoms with Crippen molar-refractivity contribution in [1.82, 2.24) is 14.8 Å². The summed E-state index contributed by atoms with van der Waals surface area (Å²) in [7, 11) is 0. The van der Waals surface area contributed by atoms with Gasteiger partial charge in [-0.3, -0.25) is 4.79 Å². The highest BCUT2D eigenvalue weighted by Gasteiger charge is 2.26. The number of amides is 1. The van der Waals surface area contributed by atoms with E-state index in [9.17, 15) is 10.1 Å². The Morgan fingerprint density at radius 3 is 2.97 bits per heavy atom. The molecular formula is C25H29N5O2S2. The highest BCUT2D eigenvalue weighted by atomic mass is 32.2. The van der Waals surface area contributed by atoms with Gasteiger partial charge in [0.05, 0.1) is 11.3 Å². The first-order valence-electron chi connectivity index (χ1n) is 11.6. The fraction of sp³-hybridized carbons (Fsp3) is 0.440. The van der Waals surface area contributed by atoms with E-state index in [0.29, 0.717) is 34.8 Å². The van der Waals surface area contributed by atoms with Crippen LogP contribution in [0.15, 0.2) is 29.4 Å². The van der Waals surface area contributed by atoms with Crippen LogP contribution in [0.1, 0.15) is 54.1 Å². The summed E-state index contributed by atoms with van der Waals surface area (Å²) in [5.41, 5.74) is 2.90. The number of nitrogens with one attached hydrogen (secondary N) is 1. The third kappa shape index (κ3) is 5.45. The van der Waals surface area contributed by atoms with Gasteiger partial charge < -0.3 is 14.6 Å². The molecule has 4 rings (SSSR count). The van der Waals surface area contributed by atoms with Crippen molar-refractivity contribution in [2.45, 2.75) is 64.8 Å². The highest BCUT2D eigenvalue weighted by Crippen LogP contribution is 2.40. The Bertz CT molecular complexity index is 1210. The standard InChI is InChI=1S/C25H29N5O2S2/c1-4-17-9-10-19-20(13-26)24(34-21(19)12-17)27-23(31)15-33-25-29-28-22(30(25)5-2)14-32-18-8-6-7-16(3)11-18/h6-8,11,17H,4-5,9-10,12,14-15H2,1-3H3,(H,27,31). The van der Waals surface area contributed by atoms with E-state index in [-0.39, 0.29) is 11.7 Å². The van der Waals surface area contributed by atoms with Crippen molar-refractivity contribution in [3.63, 3.8) is 0 Å². The molecule has 0 spiro atoms. The molecule has 34 heavy (non-hydrogen) atoms. The fourth-order valence-electron chi connectivity index (χ4n) is 4.21. The van der Waals surface area contributed by atoms with Crippen molar-refractivity contribution >= 4 is 34.0 Å². The van der Waals surface area contributed by atoms with Gasteiger partial charge in [0.15, 0.2) is 11.0 Å². The lowest BCUT2D eigenvalue weighted by atomic mass is 9.86. The third-order valence-electron chi connectivity index (χ3n) is 6.11. The number of thioether (sulfide) groups is 1. The smallest absolute Gasteiger partial charge is 0.235 e. The number of carbonyl (C=O) groups excluding carboxylic acids is 1. The number of fused-ring (bicyclic) bond motifs is 1. The zero-order valence-electron chi connectivity index (χ0n) is 19.8. The van der Waals surface area contributed by atoms with Crippen LogP contribution < -0.4 is 10.1 Å². The number of nitriles is 1. The number of benzene rings is 1. The van der Waals surface area contributed by atoms with E-state index in [2.05, 4.69) is 28.5 Å². The van der Waals surface area contributed by atoms with E-state index in [4.69, 9.17) is 4.74 Å². The molecule has 1 aliphatic carbocycles. The van der Waals surface area contributed by atoms with Gasteiger partial charge in [-0.15, -0.1) is 21.5 Å². The molecule has 0 saturated carbocycles. The van der Waals surface area contributed by atoms with Crippen molar-refractivity contribution in [3.05, 3.63) is 51.7 Å². The molecule has 1 atom stereocenters. The average Bonchev–Trinajstić information content (AvgIpc) is 3.40.